The van der Waals surface area contributed by atoms with Crippen molar-refractivity contribution >= 4 is 29.9 Å². The van der Waals surface area contributed by atoms with Crippen LogP contribution in [0, 0.1) is 22.7 Å². The average Bonchev–Trinajstić information content (AvgIpc) is 3.93. The Hall–Kier alpha value is -7.01. The summed E-state index contributed by atoms with van der Waals surface area (Å²) in [4.78, 5) is 67.0. The number of rotatable bonds is 19. The Morgan fingerprint density at radius 3 is 1.85 bits per heavy atom. The van der Waals surface area contributed by atoms with Gasteiger partial charge >= 0.3 is 24.5 Å². The predicted octanol–water partition coefficient (Wildman–Crippen LogP) is 5.28. The molecule has 1 aliphatic carbocycles. The molecule has 1 saturated carbocycles. The zero-order valence-electron chi connectivity index (χ0n) is 43.8. The molecular formula is C53H63F6N11O8. The van der Waals surface area contributed by atoms with Gasteiger partial charge in [-0.2, -0.15) is 31.4 Å². The number of piperazine rings is 1. The summed E-state index contributed by atoms with van der Waals surface area (Å²) in [6.45, 7) is 5.07. The van der Waals surface area contributed by atoms with Crippen LogP contribution in [0.25, 0.3) is 11.3 Å². The lowest BCUT2D eigenvalue weighted by Gasteiger charge is -2.42. The molecule has 0 spiro atoms. The number of amides is 4. The van der Waals surface area contributed by atoms with Crippen LogP contribution in [-0.4, -0.2) is 161 Å². The molecule has 78 heavy (non-hydrogen) atoms. The summed E-state index contributed by atoms with van der Waals surface area (Å²) >= 11 is 0. The van der Waals surface area contributed by atoms with Gasteiger partial charge in [0, 0.05) is 68.0 Å². The van der Waals surface area contributed by atoms with Crippen LogP contribution in [0.5, 0.6) is 0 Å². The lowest BCUT2D eigenvalue weighted by Crippen LogP contribution is -2.63. The van der Waals surface area contributed by atoms with E-state index in [0.717, 1.165) is 70.4 Å². The average molecular weight is 1100 g/mol. The number of carbonyl (C=O) groups is 4. The van der Waals surface area contributed by atoms with Crippen molar-refractivity contribution in [2.24, 2.45) is 10.8 Å². The molecule has 4 aromatic rings. The van der Waals surface area contributed by atoms with Crippen LogP contribution in [-0.2, 0) is 36.8 Å². The van der Waals surface area contributed by atoms with Gasteiger partial charge in [-0.15, -0.1) is 0 Å². The van der Waals surface area contributed by atoms with E-state index in [-0.39, 0.29) is 13.0 Å². The minimum atomic E-state index is -5.07. The van der Waals surface area contributed by atoms with Crippen LogP contribution in [0.4, 0.5) is 41.9 Å². The number of alkyl carbamates (subject to hydrolysis) is 2. The topological polar surface area (TPSA) is 218 Å². The fraction of sp³-hybridized carbons (Fsp3) is 0.528. The van der Waals surface area contributed by atoms with E-state index in [2.05, 4.69) is 56.9 Å². The number of likely N-dealkylation sites (tertiary alicyclic amines) is 1. The molecule has 4 fully saturated rings. The van der Waals surface area contributed by atoms with E-state index in [1.54, 1.807) is 60.9 Å². The molecule has 3 aliphatic heterocycles. The van der Waals surface area contributed by atoms with E-state index >= 15 is 0 Å². The number of alkyl halides is 6. The Morgan fingerprint density at radius 1 is 0.744 bits per heavy atom. The fourth-order valence-corrected chi connectivity index (χ4v) is 9.60. The molecule has 3 saturated heterocycles. The first-order valence-corrected chi connectivity index (χ1v) is 25.4. The third-order valence-corrected chi connectivity index (χ3v) is 15.0. The second kappa shape index (κ2) is 23.1. The van der Waals surface area contributed by atoms with Crippen LogP contribution in [0.3, 0.4) is 0 Å². The number of aliphatic hydroxyl groups excluding tert-OH is 1. The number of anilines is 1. The summed E-state index contributed by atoms with van der Waals surface area (Å²) in [7, 11) is 1.79. The molecule has 4 amide bonds. The summed E-state index contributed by atoms with van der Waals surface area (Å²) in [5, 5.41) is 24.2. The summed E-state index contributed by atoms with van der Waals surface area (Å²) < 4.78 is 104. The third kappa shape index (κ3) is 13.1. The quantitative estimate of drug-likeness (QED) is 0.0459. The highest BCUT2D eigenvalue weighted by Gasteiger charge is 2.57. The minimum Gasteiger partial charge on any atom is -0.453 e. The van der Waals surface area contributed by atoms with Crippen molar-refractivity contribution in [1.82, 2.24) is 51.0 Å². The maximum Gasteiger partial charge on any atom is 0.407 e. The Kier molecular flexibility index (Phi) is 17.0. The van der Waals surface area contributed by atoms with Gasteiger partial charge in [-0.25, -0.2) is 24.6 Å². The van der Waals surface area contributed by atoms with Crippen LogP contribution < -0.4 is 26.3 Å². The molecule has 5 N–H and O–H groups in total. The highest BCUT2D eigenvalue weighted by molar-refractivity contribution is 5.87. The lowest BCUT2D eigenvalue weighted by molar-refractivity contribution is -0.221. The van der Waals surface area contributed by atoms with Crippen molar-refractivity contribution in [3.05, 3.63) is 95.4 Å². The first kappa shape index (κ1) is 57.2. The van der Waals surface area contributed by atoms with Crippen LogP contribution >= 0.6 is 0 Å². The lowest BCUT2D eigenvalue weighted by atomic mass is 9.82. The van der Waals surface area contributed by atoms with Crippen molar-refractivity contribution in [3.8, 4) is 23.1 Å². The van der Waals surface area contributed by atoms with Gasteiger partial charge in [-0.05, 0) is 82.7 Å². The van der Waals surface area contributed by atoms with E-state index in [4.69, 9.17) is 4.74 Å². The van der Waals surface area contributed by atoms with E-state index in [0.29, 0.717) is 85.8 Å². The largest absolute Gasteiger partial charge is 0.453 e. The number of benzene rings is 2. The number of hydrazine groups is 1. The van der Waals surface area contributed by atoms with Crippen molar-refractivity contribution in [3.63, 3.8) is 0 Å². The fourth-order valence-electron chi connectivity index (χ4n) is 9.60. The molecule has 0 radical (unpaired) electrons. The van der Waals surface area contributed by atoms with E-state index < -0.39 is 78.0 Å². The number of hydrogen-bond donors (Lipinski definition) is 5. The number of aliphatic hydroxyl groups is 1. The van der Waals surface area contributed by atoms with Crippen molar-refractivity contribution in [2.75, 3.05) is 52.0 Å². The maximum atomic E-state index is 14.6. The standard InChI is InChI=1S/C53H63F6N11O8/c1-50(2,52(54,55)56)43(63-48(74)76-5)45(72)62-41(21-32-10-7-31(8-11-32)9-12-34-23-60-47(61-24-34)69-27-37-22-38(69)26-68(37)39-29-78-30-39)42(71)28-67(66-46(73)44(64-49(75)77-6)51(3,4)53(57,58)59)25-33-13-15-35(16-14-33)40-19-20-70(65-40)36-17-18-36/h7-8,10-11,13-16,19-20,23-24,36-39,41-44,71H,17-18,21-22,25-30H2,1-6H3,(H,62,72)(H,63,74)(H,64,75)(H,66,73)/t37-,38-,41-,42-,43+,44+/m0/s1. The summed E-state index contributed by atoms with van der Waals surface area (Å²) in [5.74, 6) is 3.96. The number of aromatic nitrogens is 4. The number of fused-ring (bicyclic) bond motifs is 2. The monoisotopic (exact) mass is 1100 g/mol. The van der Waals surface area contributed by atoms with Gasteiger partial charge in [-0.1, -0.05) is 48.2 Å². The van der Waals surface area contributed by atoms with Gasteiger partial charge in [0.15, 0.2) is 0 Å². The second-order valence-electron chi connectivity index (χ2n) is 21.2. The Bertz CT molecular complexity index is 2830. The van der Waals surface area contributed by atoms with Crippen molar-refractivity contribution in [2.45, 2.75) is 121 Å². The zero-order valence-corrected chi connectivity index (χ0v) is 43.8. The number of nitrogens with zero attached hydrogens (tertiary/aromatic N) is 7. The van der Waals surface area contributed by atoms with Gasteiger partial charge in [0.2, 0.25) is 11.9 Å². The molecule has 8 rings (SSSR count). The number of halogens is 6. The molecule has 5 heterocycles. The molecule has 4 aliphatic rings. The van der Waals surface area contributed by atoms with Gasteiger partial charge in [0.25, 0.3) is 5.91 Å². The second-order valence-corrected chi connectivity index (χ2v) is 21.2. The number of hydrogen-bond acceptors (Lipinski definition) is 14. The summed E-state index contributed by atoms with van der Waals surface area (Å²) in [6.07, 6.45) is -6.73. The summed E-state index contributed by atoms with van der Waals surface area (Å²) in [5.41, 5.74) is -0.0648. The zero-order chi connectivity index (χ0) is 56.3. The number of nitrogens with one attached hydrogen (secondary N) is 4. The maximum absolute atomic E-state index is 14.6. The van der Waals surface area contributed by atoms with Crippen LogP contribution in [0.15, 0.2) is 73.2 Å². The SMILES string of the molecule is COC(=O)N[C@H](C(=O)N[C@@H](Cc1ccc(C#Cc2cnc(N3C[C@@H]4C[C@H]3CN4C3COC3)nc2)cc1)[C@@H](O)CN(Cc1ccc(-c2ccn(C3CC3)n2)cc1)NC(=O)[C@@H](NC(=O)OC)C(C)(C)C(F)(F)F)C(C)(C)C(F)(F)F. The smallest absolute Gasteiger partial charge is 0.407 e. The van der Waals surface area contributed by atoms with Crippen LogP contribution in [0.2, 0.25) is 0 Å². The number of ether oxygens (including phenoxy) is 3. The molecule has 25 heteroatoms. The molecule has 0 unspecified atom stereocenters. The third-order valence-electron chi connectivity index (χ3n) is 15.0. The van der Waals surface area contributed by atoms with E-state index in [1.165, 1.54) is 0 Å². The molecule has 420 valence electrons. The van der Waals surface area contributed by atoms with Crippen molar-refractivity contribution < 1.29 is 64.8 Å². The molecule has 2 aromatic heterocycles. The molecular weight excluding hydrogens is 1030 g/mol. The number of methoxy groups -OCH3 is 2. The van der Waals surface area contributed by atoms with Crippen molar-refractivity contribution in [1.29, 1.82) is 0 Å². The number of carbonyl (C=O) groups excluding carboxylic acids is 4. The van der Waals surface area contributed by atoms with Gasteiger partial charge in [-0.3, -0.25) is 24.6 Å². The van der Waals surface area contributed by atoms with Gasteiger partial charge in [0.1, 0.15) is 12.1 Å². The highest BCUT2D eigenvalue weighted by atomic mass is 19.4. The normalized spacial score (nSPS) is 19.4. The minimum absolute atomic E-state index is 0.282. The van der Waals surface area contributed by atoms with Gasteiger partial charge in [0.05, 0.1) is 73.8 Å². The first-order chi connectivity index (χ1) is 36.8. The highest BCUT2D eigenvalue weighted by Crippen LogP contribution is 2.42. The van der Waals surface area contributed by atoms with Gasteiger partial charge < -0.3 is 40.2 Å². The van der Waals surface area contributed by atoms with Crippen LogP contribution in [0.1, 0.15) is 75.3 Å². The molecule has 2 aromatic carbocycles. The Balaban J connectivity index is 1.05. The van der Waals surface area contributed by atoms with E-state index in [1.807, 2.05) is 27.6 Å². The molecule has 6 atom stereocenters. The summed E-state index contributed by atoms with van der Waals surface area (Å²) in [6, 6.07) is 10.5. The molecule has 19 nitrogen and oxygen atoms in total. The molecule has 2 bridgehead atoms. The first-order valence-electron chi connectivity index (χ1n) is 25.4. The Morgan fingerprint density at radius 2 is 1.32 bits per heavy atom. The predicted molar refractivity (Wildman–Crippen MR) is 270 cm³/mol. The van der Waals surface area contributed by atoms with E-state index in [9.17, 15) is 50.6 Å². The Labute approximate surface area is 446 Å².